The molecule has 0 aliphatic rings. The average Bonchev–Trinajstić information content (AvgIpc) is 2.98. The first-order valence-electron chi connectivity index (χ1n) is 12.4. The molecule has 1 amide bonds. The maximum absolute atomic E-state index is 12.9. The number of nitrogens with one attached hydrogen (secondary N) is 2. The second-order valence-corrected chi connectivity index (χ2v) is 11.4. The van der Waals surface area contributed by atoms with E-state index in [1.54, 1.807) is 30.3 Å². The Kier molecular flexibility index (Phi) is 8.53. The number of hydrogen-bond donors (Lipinski definition) is 2. The Hall–Kier alpha value is -4.70. The SMILES string of the molecule is O=C(N/N=C\c1c(OC(=O)c2ccc(Cl)cc2Cl)ccc2ccccc12)c1ccc(NS(=O)(=O)c2ccccc2)cc1. The Balaban J connectivity index is 1.33. The first-order valence-corrected chi connectivity index (χ1v) is 14.7. The third-order valence-electron chi connectivity index (χ3n) is 6.10. The molecule has 0 unspecified atom stereocenters. The van der Waals surface area contributed by atoms with Crippen LogP contribution in [0.1, 0.15) is 26.3 Å². The molecule has 210 valence electrons. The van der Waals surface area contributed by atoms with Crippen molar-refractivity contribution in [1.29, 1.82) is 0 Å². The standard InChI is InChI=1S/C31H21Cl2N3O5S/c32-22-13-16-26(28(33)18-22)31(38)41-29-17-12-20-6-4-5-9-25(20)27(29)19-34-35-30(37)21-10-14-23(15-11-21)36-42(39,40)24-7-2-1-3-8-24/h1-19,36H,(H,35,37)/b34-19-. The molecule has 0 fully saturated rings. The average molecular weight is 618 g/mol. The molecule has 0 aliphatic carbocycles. The van der Waals surface area contributed by atoms with Gasteiger partial charge < -0.3 is 4.74 Å². The largest absolute Gasteiger partial charge is 0.422 e. The summed E-state index contributed by atoms with van der Waals surface area (Å²) in [5.41, 5.74) is 3.58. The van der Waals surface area contributed by atoms with E-state index in [9.17, 15) is 18.0 Å². The van der Waals surface area contributed by atoms with Gasteiger partial charge in [-0.05, 0) is 71.4 Å². The summed E-state index contributed by atoms with van der Waals surface area (Å²) < 4.78 is 33.2. The van der Waals surface area contributed by atoms with Crippen LogP contribution in [0.4, 0.5) is 5.69 Å². The highest BCUT2D eigenvalue weighted by molar-refractivity contribution is 7.92. The minimum atomic E-state index is -3.77. The van der Waals surface area contributed by atoms with Crippen LogP contribution >= 0.6 is 23.2 Å². The van der Waals surface area contributed by atoms with Crippen LogP contribution in [0.25, 0.3) is 10.8 Å². The highest BCUT2D eigenvalue weighted by Crippen LogP contribution is 2.29. The maximum atomic E-state index is 12.9. The minimum absolute atomic E-state index is 0.121. The van der Waals surface area contributed by atoms with Crippen LogP contribution in [0, 0.1) is 0 Å². The van der Waals surface area contributed by atoms with Gasteiger partial charge in [0.25, 0.3) is 15.9 Å². The molecule has 11 heteroatoms. The molecule has 5 rings (SSSR count). The molecule has 8 nitrogen and oxygen atoms in total. The number of carbonyl (C=O) groups is 2. The molecule has 0 aromatic heterocycles. The molecular weight excluding hydrogens is 597 g/mol. The Labute approximate surface area is 251 Å². The van der Waals surface area contributed by atoms with Crippen LogP contribution in [0.3, 0.4) is 0 Å². The monoisotopic (exact) mass is 617 g/mol. The fourth-order valence-electron chi connectivity index (χ4n) is 4.03. The first kappa shape index (κ1) is 28.8. The van der Waals surface area contributed by atoms with Gasteiger partial charge in [-0.25, -0.2) is 18.6 Å². The van der Waals surface area contributed by atoms with E-state index in [4.69, 9.17) is 27.9 Å². The van der Waals surface area contributed by atoms with Crippen molar-refractivity contribution in [2.45, 2.75) is 4.90 Å². The number of ether oxygens (including phenoxy) is 1. The smallest absolute Gasteiger partial charge is 0.345 e. The maximum Gasteiger partial charge on any atom is 0.345 e. The molecule has 0 heterocycles. The Morgan fingerprint density at radius 3 is 2.26 bits per heavy atom. The summed E-state index contributed by atoms with van der Waals surface area (Å²) in [4.78, 5) is 25.8. The molecule has 0 bridgehead atoms. The van der Waals surface area contributed by atoms with Crippen molar-refractivity contribution in [2.24, 2.45) is 5.10 Å². The Bertz CT molecular complexity index is 1930. The molecule has 42 heavy (non-hydrogen) atoms. The van der Waals surface area contributed by atoms with Gasteiger partial charge in [-0.1, -0.05) is 71.7 Å². The number of hydrazone groups is 1. The zero-order valence-electron chi connectivity index (χ0n) is 21.6. The third kappa shape index (κ3) is 6.60. The van der Waals surface area contributed by atoms with E-state index >= 15 is 0 Å². The van der Waals surface area contributed by atoms with Crippen LogP contribution in [0.15, 0.2) is 119 Å². The normalized spacial score (nSPS) is 11.4. The van der Waals surface area contributed by atoms with Crippen LogP contribution in [-0.2, 0) is 10.0 Å². The number of nitrogens with zero attached hydrogens (tertiary/aromatic N) is 1. The summed E-state index contributed by atoms with van der Waals surface area (Å²) in [7, 11) is -3.77. The quantitative estimate of drug-likeness (QED) is 0.0848. The zero-order valence-corrected chi connectivity index (χ0v) is 24.0. The van der Waals surface area contributed by atoms with Gasteiger partial charge in [0, 0.05) is 21.8 Å². The number of halogens is 2. The highest BCUT2D eigenvalue weighted by atomic mass is 35.5. The lowest BCUT2D eigenvalue weighted by atomic mass is 10.0. The molecule has 2 N–H and O–H groups in total. The lowest BCUT2D eigenvalue weighted by molar-refractivity contribution is 0.0734. The van der Waals surface area contributed by atoms with Gasteiger partial charge >= 0.3 is 5.97 Å². The van der Waals surface area contributed by atoms with Gasteiger partial charge in [0.2, 0.25) is 0 Å². The number of esters is 1. The number of amides is 1. The number of fused-ring (bicyclic) bond motifs is 1. The number of rotatable bonds is 8. The summed E-state index contributed by atoms with van der Waals surface area (Å²) in [6.45, 7) is 0. The summed E-state index contributed by atoms with van der Waals surface area (Å²) in [5.74, 6) is -1.01. The van der Waals surface area contributed by atoms with Crippen molar-refractivity contribution in [3.8, 4) is 5.75 Å². The van der Waals surface area contributed by atoms with E-state index in [0.29, 0.717) is 16.3 Å². The van der Waals surface area contributed by atoms with Crippen molar-refractivity contribution in [2.75, 3.05) is 4.72 Å². The van der Waals surface area contributed by atoms with E-state index in [2.05, 4.69) is 15.2 Å². The fourth-order valence-corrected chi connectivity index (χ4v) is 5.60. The number of benzene rings is 5. The molecule has 5 aromatic rings. The summed E-state index contributed by atoms with van der Waals surface area (Å²) in [6, 6.07) is 29.1. The molecule has 0 radical (unpaired) electrons. The third-order valence-corrected chi connectivity index (χ3v) is 8.04. The van der Waals surface area contributed by atoms with Gasteiger partial charge in [0.15, 0.2) is 0 Å². The summed E-state index contributed by atoms with van der Waals surface area (Å²) in [6.07, 6.45) is 1.38. The van der Waals surface area contributed by atoms with Crippen molar-refractivity contribution in [1.82, 2.24) is 5.43 Å². The lowest BCUT2D eigenvalue weighted by Gasteiger charge is -2.11. The van der Waals surface area contributed by atoms with Crippen molar-refractivity contribution in [3.63, 3.8) is 0 Å². The minimum Gasteiger partial charge on any atom is -0.422 e. The molecule has 0 aliphatic heterocycles. The predicted octanol–water partition coefficient (Wildman–Crippen LogP) is 6.93. The molecular formula is C31H21Cl2N3O5S. The number of anilines is 1. The van der Waals surface area contributed by atoms with Crippen molar-refractivity contribution in [3.05, 3.63) is 136 Å². The topological polar surface area (TPSA) is 114 Å². The molecule has 0 spiro atoms. The van der Waals surface area contributed by atoms with E-state index < -0.39 is 21.9 Å². The Morgan fingerprint density at radius 1 is 0.810 bits per heavy atom. The fraction of sp³-hybridized carbons (Fsp3) is 0. The molecule has 0 atom stereocenters. The van der Waals surface area contributed by atoms with Gasteiger partial charge in [-0.2, -0.15) is 5.10 Å². The first-order chi connectivity index (χ1) is 20.2. The predicted molar refractivity (Wildman–Crippen MR) is 164 cm³/mol. The van der Waals surface area contributed by atoms with Crippen LogP contribution < -0.4 is 14.9 Å². The summed E-state index contributed by atoms with van der Waals surface area (Å²) >= 11 is 12.1. The number of sulfonamides is 1. The van der Waals surface area contributed by atoms with E-state index in [1.807, 2.05) is 24.3 Å². The number of carbonyl (C=O) groups excluding carboxylic acids is 2. The zero-order chi connectivity index (χ0) is 29.7. The summed E-state index contributed by atoms with van der Waals surface area (Å²) in [5, 5.41) is 6.22. The molecule has 0 saturated heterocycles. The molecule has 0 saturated carbocycles. The second kappa shape index (κ2) is 12.4. The highest BCUT2D eigenvalue weighted by Gasteiger charge is 2.17. The molecule has 5 aromatic carbocycles. The van der Waals surface area contributed by atoms with E-state index in [1.165, 1.54) is 60.8 Å². The van der Waals surface area contributed by atoms with Crippen LogP contribution in [0.5, 0.6) is 5.75 Å². The van der Waals surface area contributed by atoms with Gasteiger partial charge in [0.1, 0.15) is 5.75 Å². The van der Waals surface area contributed by atoms with E-state index in [0.717, 1.165) is 10.8 Å². The van der Waals surface area contributed by atoms with Gasteiger partial charge in [0.05, 0.1) is 21.7 Å². The van der Waals surface area contributed by atoms with Crippen molar-refractivity contribution < 1.29 is 22.7 Å². The van der Waals surface area contributed by atoms with Crippen molar-refractivity contribution >= 4 is 67.8 Å². The lowest BCUT2D eigenvalue weighted by Crippen LogP contribution is -2.18. The van der Waals surface area contributed by atoms with Crippen LogP contribution in [-0.4, -0.2) is 26.5 Å². The van der Waals surface area contributed by atoms with Crippen LogP contribution in [0.2, 0.25) is 10.0 Å². The Morgan fingerprint density at radius 2 is 1.52 bits per heavy atom. The van der Waals surface area contributed by atoms with E-state index in [-0.39, 0.29) is 26.8 Å². The number of hydrogen-bond acceptors (Lipinski definition) is 6. The second-order valence-electron chi connectivity index (χ2n) is 8.91. The van der Waals surface area contributed by atoms with Gasteiger partial charge in [-0.3, -0.25) is 9.52 Å². The van der Waals surface area contributed by atoms with Gasteiger partial charge in [-0.15, -0.1) is 0 Å².